The molecule has 2 aromatic carbocycles. The van der Waals surface area contributed by atoms with Crippen molar-refractivity contribution in [2.75, 3.05) is 17.8 Å². The van der Waals surface area contributed by atoms with Gasteiger partial charge in [0.15, 0.2) is 0 Å². The van der Waals surface area contributed by atoms with Crippen molar-refractivity contribution in [1.29, 1.82) is 0 Å². The molecule has 1 N–H and O–H groups in total. The van der Waals surface area contributed by atoms with Crippen LogP contribution < -0.4 is 4.72 Å². The highest BCUT2D eigenvalue weighted by atomic mass is 35.5. The van der Waals surface area contributed by atoms with E-state index in [-0.39, 0.29) is 22.2 Å². The molecule has 1 saturated heterocycles. The van der Waals surface area contributed by atoms with Crippen LogP contribution in [0.25, 0.3) is 0 Å². The smallest absolute Gasteiger partial charge is 0.339 e. The summed E-state index contributed by atoms with van der Waals surface area (Å²) in [5.41, 5.74) is -0.515. The molecule has 1 aliphatic heterocycles. The molecule has 5 nitrogen and oxygen atoms in total. The molecule has 0 atom stereocenters. The van der Waals surface area contributed by atoms with Crippen molar-refractivity contribution in [3.8, 4) is 0 Å². The van der Waals surface area contributed by atoms with Crippen molar-refractivity contribution in [1.82, 2.24) is 4.90 Å². The second-order valence-electron chi connectivity index (χ2n) is 6.75. The molecule has 1 amide bonds. The van der Waals surface area contributed by atoms with Gasteiger partial charge in [-0.25, -0.2) is 8.42 Å². The highest BCUT2D eigenvalue weighted by molar-refractivity contribution is 7.92. The van der Waals surface area contributed by atoms with Crippen molar-refractivity contribution in [3.63, 3.8) is 0 Å². The third-order valence-corrected chi connectivity index (χ3v) is 6.51. The number of carbonyl (C=O) groups is 1. The van der Waals surface area contributed by atoms with Crippen LogP contribution in [0.5, 0.6) is 0 Å². The van der Waals surface area contributed by atoms with E-state index < -0.39 is 26.7 Å². The number of rotatable bonds is 4. The summed E-state index contributed by atoms with van der Waals surface area (Å²) in [7, 11) is -4.48. The number of sulfonamides is 1. The van der Waals surface area contributed by atoms with E-state index in [0.717, 1.165) is 18.9 Å². The zero-order chi connectivity index (χ0) is 21.4. The topological polar surface area (TPSA) is 66.5 Å². The lowest BCUT2D eigenvalue weighted by Crippen LogP contribution is -2.29. The van der Waals surface area contributed by atoms with Crippen molar-refractivity contribution < 1.29 is 26.4 Å². The molecule has 0 saturated carbocycles. The Balaban J connectivity index is 2.03. The lowest BCUT2D eigenvalue weighted by atomic mass is 10.1. The molecular weight excluding hydrogens is 429 g/mol. The van der Waals surface area contributed by atoms with Gasteiger partial charge in [0.1, 0.15) is 4.90 Å². The molecule has 0 bridgehead atoms. The van der Waals surface area contributed by atoms with Crippen molar-refractivity contribution in [3.05, 3.63) is 58.1 Å². The Morgan fingerprint density at radius 3 is 2.41 bits per heavy atom. The summed E-state index contributed by atoms with van der Waals surface area (Å²) in [5.74, 6) is -0.334. The summed E-state index contributed by atoms with van der Waals surface area (Å²) in [6.45, 7) is 2.74. The van der Waals surface area contributed by atoms with Crippen LogP contribution in [0, 0.1) is 6.92 Å². The van der Waals surface area contributed by atoms with E-state index in [9.17, 15) is 26.4 Å². The van der Waals surface area contributed by atoms with Gasteiger partial charge < -0.3 is 4.90 Å². The van der Waals surface area contributed by atoms with E-state index in [4.69, 9.17) is 11.6 Å². The first-order chi connectivity index (χ1) is 13.5. The Labute approximate surface area is 171 Å². The van der Waals surface area contributed by atoms with Gasteiger partial charge in [0.05, 0.1) is 21.8 Å². The fourth-order valence-electron chi connectivity index (χ4n) is 3.15. The number of hydrogen-bond acceptors (Lipinski definition) is 3. The monoisotopic (exact) mass is 446 g/mol. The number of aryl methyl sites for hydroxylation is 1. The number of nitrogens with zero attached hydrogens (tertiary/aromatic N) is 1. The Bertz CT molecular complexity index is 1050. The number of nitrogens with one attached hydrogen (secondary N) is 1. The van der Waals surface area contributed by atoms with E-state index in [1.807, 2.05) is 0 Å². The van der Waals surface area contributed by atoms with Crippen molar-refractivity contribution >= 4 is 33.2 Å². The molecule has 0 unspecified atom stereocenters. The van der Waals surface area contributed by atoms with Crippen LogP contribution in [0.4, 0.5) is 18.9 Å². The maximum absolute atomic E-state index is 13.0. The zero-order valence-electron chi connectivity index (χ0n) is 15.4. The molecule has 0 aliphatic carbocycles. The van der Waals surface area contributed by atoms with Crippen LogP contribution in [-0.2, 0) is 16.2 Å². The number of alkyl halides is 3. The predicted octanol–water partition coefficient (Wildman–Crippen LogP) is 4.70. The second kappa shape index (κ2) is 7.87. The van der Waals surface area contributed by atoms with Gasteiger partial charge in [-0.2, -0.15) is 13.2 Å². The number of para-hydroxylation sites is 1. The summed E-state index contributed by atoms with van der Waals surface area (Å²) in [4.78, 5) is 13.7. The SMILES string of the molecule is Cc1cccc(C(=O)N2CCCC2)c1NS(=O)(=O)c1cc(C(F)(F)F)ccc1Cl. The first-order valence-corrected chi connectivity index (χ1v) is 10.7. The molecule has 29 heavy (non-hydrogen) atoms. The molecule has 10 heteroatoms. The average Bonchev–Trinajstić information content (AvgIpc) is 3.16. The quantitative estimate of drug-likeness (QED) is 0.740. The molecule has 1 heterocycles. The van der Waals surface area contributed by atoms with Gasteiger partial charge >= 0.3 is 6.18 Å². The van der Waals surface area contributed by atoms with Gasteiger partial charge in [0.25, 0.3) is 15.9 Å². The number of amides is 1. The molecule has 3 rings (SSSR count). The van der Waals surface area contributed by atoms with E-state index in [0.29, 0.717) is 30.8 Å². The van der Waals surface area contributed by atoms with E-state index in [1.165, 1.54) is 6.07 Å². The molecule has 0 aromatic heterocycles. The van der Waals surface area contributed by atoms with Gasteiger partial charge in [-0.1, -0.05) is 23.7 Å². The predicted molar refractivity (Wildman–Crippen MR) is 104 cm³/mol. The summed E-state index contributed by atoms with van der Waals surface area (Å²) in [6, 6.07) is 6.77. The Morgan fingerprint density at radius 1 is 1.14 bits per heavy atom. The van der Waals surface area contributed by atoms with Gasteiger partial charge in [0.2, 0.25) is 0 Å². The molecule has 1 fully saturated rings. The number of benzene rings is 2. The third-order valence-electron chi connectivity index (χ3n) is 4.68. The third kappa shape index (κ3) is 4.51. The Hall–Kier alpha value is -2.26. The zero-order valence-corrected chi connectivity index (χ0v) is 17.0. The van der Waals surface area contributed by atoms with Crippen LogP contribution in [0.1, 0.15) is 34.3 Å². The van der Waals surface area contributed by atoms with Crippen LogP contribution >= 0.6 is 11.6 Å². The van der Waals surface area contributed by atoms with Gasteiger partial charge in [-0.3, -0.25) is 9.52 Å². The van der Waals surface area contributed by atoms with Gasteiger partial charge in [-0.15, -0.1) is 0 Å². The number of halogens is 4. The molecule has 1 aliphatic rings. The maximum atomic E-state index is 13.0. The normalized spacial score (nSPS) is 14.9. The summed E-state index contributed by atoms with van der Waals surface area (Å²) in [5, 5.41) is -0.355. The largest absolute Gasteiger partial charge is 0.416 e. The fraction of sp³-hybridized carbons (Fsp3) is 0.316. The van der Waals surface area contributed by atoms with Crippen LogP contribution in [0.15, 0.2) is 41.3 Å². The van der Waals surface area contributed by atoms with Crippen molar-refractivity contribution in [2.45, 2.75) is 30.8 Å². The van der Waals surface area contributed by atoms with Gasteiger partial charge in [0, 0.05) is 13.1 Å². The lowest BCUT2D eigenvalue weighted by molar-refractivity contribution is -0.137. The van der Waals surface area contributed by atoms with E-state index >= 15 is 0 Å². The molecule has 0 radical (unpaired) electrons. The van der Waals surface area contributed by atoms with Gasteiger partial charge in [-0.05, 0) is 49.6 Å². The number of carbonyl (C=O) groups excluding carboxylic acids is 1. The summed E-state index contributed by atoms with van der Waals surface area (Å²) in [6.07, 6.45) is -3.01. The minimum Gasteiger partial charge on any atom is -0.339 e. The maximum Gasteiger partial charge on any atom is 0.416 e. The van der Waals surface area contributed by atoms with Crippen LogP contribution in [0.2, 0.25) is 5.02 Å². The van der Waals surface area contributed by atoms with Crippen LogP contribution in [-0.4, -0.2) is 32.3 Å². The standard InChI is InChI=1S/C19H18ClF3N2O3S/c1-12-5-4-6-14(18(26)25-9-2-3-10-25)17(12)24-29(27,28)16-11-13(19(21,22)23)7-8-15(16)20/h4-8,11,24H,2-3,9-10H2,1H3. The molecular formula is C19H18ClF3N2O3S. The molecule has 2 aromatic rings. The Kier molecular flexibility index (Phi) is 5.82. The minimum atomic E-state index is -4.73. The first-order valence-electron chi connectivity index (χ1n) is 8.79. The number of anilines is 1. The highest BCUT2D eigenvalue weighted by Crippen LogP contribution is 2.35. The summed E-state index contributed by atoms with van der Waals surface area (Å²) < 4.78 is 67.0. The molecule has 156 valence electrons. The van der Waals surface area contributed by atoms with E-state index in [1.54, 1.807) is 24.0 Å². The van der Waals surface area contributed by atoms with Crippen molar-refractivity contribution in [2.24, 2.45) is 0 Å². The van der Waals surface area contributed by atoms with E-state index in [2.05, 4.69) is 4.72 Å². The summed E-state index contributed by atoms with van der Waals surface area (Å²) >= 11 is 5.88. The number of likely N-dealkylation sites (tertiary alicyclic amines) is 1. The number of hydrogen-bond donors (Lipinski definition) is 1. The molecule has 0 spiro atoms. The lowest BCUT2D eigenvalue weighted by Gasteiger charge is -2.20. The second-order valence-corrected chi connectivity index (χ2v) is 8.80. The minimum absolute atomic E-state index is 0.0258. The fourth-order valence-corrected chi connectivity index (χ4v) is 4.83. The van der Waals surface area contributed by atoms with Crippen LogP contribution in [0.3, 0.4) is 0 Å². The first kappa shape index (κ1) is 21.4. The highest BCUT2D eigenvalue weighted by Gasteiger charge is 2.33. The average molecular weight is 447 g/mol. The Morgan fingerprint density at radius 2 is 1.79 bits per heavy atom.